The van der Waals surface area contributed by atoms with Gasteiger partial charge < -0.3 is 10.4 Å². The Labute approximate surface area is 145 Å². The zero-order valence-electron chi connectivity index (χ0n) is 13.7. The van der Waals surface area contributed by atoms with Crippen molar-refractivity contribution in [2.24, 2.45) is 0 Å². The van der Waals surface area contributed by atoms with Gasteiger partial charge in [-0.3, -0.25) is 9.59 Å². The Kier molecular flexibility index (Phi) is 4.61. The van der Waals surface area contributed by atoms with Gasteiger partial charge in [-0.05, 0) is 42.3 Å². The molecule has 1 amide bonds. The van der Waals surface area contributed by atoms with Crippen LogP contribution in [0.15, 0.2) is 66.7 Å². The normalized spacial score (nSPS) is 10.3. The van der Waals surface area contributed by atoms with Gasteiger partial charge in [0.15, 0.2) is 6.29 Å². The summed E-state index contributed by atoms with van der Waals surface area (Å²) in [5.74, 6) is -0.565. The SMILES string of the molecule is Cc1ccc(O)c(C(=O)Nc2cc(-c3ccccc3)ccc2C=O)c1. The van der Waals surface area contributed by atoms with Crippen molar-refractivity contribution >= 4 is 17.9 Å². The van der Waals surface area contributed by atoms with Gasteiger partial charge in [0.1, 0.15) is 5.75 Å². The molecule has 25 heavy (non-hydrogen) atoms. The molecular formula is C21H17NO3. The van der Waals surface area contributed by atoms with Crippen LogP contribution < -0.4 is 5.32 Å². The summed E-state index contributed by atoms with van der Waals surface area (Å²) in [6.45, 7) is 1.84. The van der Waals surface area contributed by atoms with Crippen LogP contribution in [-0.2, 0) is 0 Å². The number of phenols is 1. The fourth-order valence-electron chi connectivity index (χ4n) is 2.60. The highest BCUT2D eigenvalue weighted by atomic mass is 16.3. The maximum Gasteiger partial charge on any atom is 0.259 e. The molecule has 2 N–H and O–H groups in total. The molecular weight excluding hydrogens is 314 g/mol. The van der Waals surface area contributed by atoms with E-state index in [9.17, 15) is 14.7 Å². The molecule has 0 atom stereocenters. The Hall–Kier alpha value is -3.40. The monoisotopic (exact) mass is 331 g/mol. The summed E-state index contributed by atoms with van der Waals surface area (Å²) >= 11 is 0. The quantitative estimate of drug-likeness (QED) is 0.695. The minimum Gasteiger partial charge on any atom is -0.507 e. The molecule has 124 valence electrons. The first-order valence-electron chi connectivity index (χ1n) is 7.84. The topological polar surface area (TPSA) is 66.4 Å². The summed E-state index contributed by atoms with van der Waals surface area (Å²) < 4.78 is 0. The molecule has 0 radical (unpaired) electrons. The van der Waals surface area contributed by atoms with Gasteiger partial charge in [-0.25, -0.2) is 0 Å². The Balaban J connectivity index is 1.97. The molecule has 0 bridgehead atoms. The third kappa shape index (κ3) is 3.58. The number of hydrogen-bond donors (Lipinski definition) is 2. The number of carbonyl (C=O) groups excluding carboxylic acids is 2. The van der Waals surface area contributed by atoms with Crippen molar-refractivity contribution in [3.05, 3.63) is 83.4 Å². The van der Waals surface area contributed by atoms with Crippen molar-refractivity contribution in [1.82, 2.24) is 0 Å². The highest BCUT2D eigenvalue weighted by Gasteiger charge is 2.14. The van der Waals surface area contributed by atoms with Crippen molar-refractivity contribution < 1.29 is 14.7 Å². The number of aryl methyl sites for hydroxylation is 1. The smallest absolute Gasteiger partial charge is 0.259 e. The maximum absolute atomic E-state index is 12.5. The van der Waals surface area contributed by atoms with Crippen LogP contribution >= 0.6 is 0 Å². The molecule has 0 saturated carbocycles. The van der Waals surface area contributed by atoms with E-state index in [1.165, 1.54) is 6.07 Å². The second kappa shape index (κ2) is 7.01. The standard InChI is InChI=1S/C21H17NO3/c1-14-7-10-20(24)18(11-14)21(25)22-19-12-16(8-9-17(19)13-23)15-5-3-2-4-6-15/h2-13,24H,1H3,(H,22,25). The lowest BCUT2D eigenvalue weighted by atomic mass is 10.0. The van der Waals surface area contributed by atoms with Crippen molar-refractivity contribution in [3.63, 3.8) is 0 Å². The third-order valence-electron chi connectivity index (χ3n) is 3.93. The molecule has 4 heteroatoms. The number of amides is 1. The van der Waals surface area contributed by atoms with E-state index in [1.54, 1.807) is 24.3 Å². The first-order chi connectivity index (χ1) is 12.1. The average molecular weight is 331 g/mol. The second-order valence-electron chi connectivity index (χ2n) is 5.76. The van der Waals surface area contributed by atoms with Crippen molar-refractivity contribution in [2.75, 3.05) is 5.32 Å². The van der Waals surface area contributed by atoms with Crippen LogP contribution in [0.3, 0.4) is 0 Å². The number of anilines is 1. The van der Waals surface area contributed by atoms with E-state index in [1.807, 2.05) is 43.3 Å². The number of aldehydes is 1. The number of hydrogen-bond acceptors (Lipinski definition) is 3. The van der Waals surface area contributed by atoms with Gasteiger partial charge >= 0.3 is 0 Å². The summed E-state index contributed by atoms with van der Waals surface area (Å²) in [5.41, 5.74) is 3.67. The lowest BCUT2D eigenvalue weighted by Gasteiger charge is -2.11. The molecule has 0 unspecified atom stereocenters. The second-order valence-corrected chi connectivity index (χ2v) is 5.76. The summed E-state index contributed by atoms with van der Waals surface area (Å²) in [7, 11) is 0. The Bertz CT molecular complexity index is 933. The van der Waals surface area contributed by atoms with Gasteiger partial charge in [0.2, 0.25) is 0 Å². The molecule has 0 fully saturated rings. The largest absolute Gasteiger partial charge is 0.507 e. The first-order valence-corrected chi connectivity index (χ1v) is 7.84. The predicted molar refractivity (Wildman–Crippen MR) is 98.1 cm³/mol. The zero-order valence-corrected chi connectivity index (χ0v) is 13.7. The Morgan fingerprint density at radius 2 is 1.72 bits per heavy atom. The maximum atomic E-state index is 12.5. The van der Waals surface area contributed by atoms with E-state index < -0.39 is 5.91 Å². The molecule has 0 aromatic heterocycles. The summed E-state index contributed by atoms with van der Waals surface area (Å²) in [6.07, 6.45) is 0.695. The number of nitrogens with one attached hydrogen (secondary N) is 1. The number of benzene rings is 3. The van der Waals surface area contributed by atoms with Crippen LogP contribution in [0.1, 0.15) is 26.3 Å². The number of rotatable bonds is 4. The molecule has 3 rings (SSSR count). The summed E-state index contributed by atoms with van der Waals surface area (Å²) in [4.78, 5) is 23.8. The molecule has 4 nitrogen and oxygen atoms in total. The number of aromatic hydroxyl groups is 1. The van der Waals surface area contributed by atoms with Crippen LogP contribution in [0, 0.1) is 6.92 Å². The van der Waals surface area contributed by atoms with E-state index in [0.717, 1.165) is 16.7 Å². The molecule has 0 aliphatic carbocycles. The van der Waals surface area contributed by atoms with Crippen molar-refractivity contribution in [3.8, 4) is 16.9 Å². The van der Waals surface area contributed by atoms with Crippen molar-refractivity contribution in [1.29, 1.82) is 0 Å². The Morgan fingerprint density at radius 3 is 2.44 bits per heavy atom. The zero-order chi connectivity index (χ0) is 17.8. The van der Waals surface area contributed by atoms with Gasteiger partial charge in [-0.15, -0.1) is 0 Å². The van der Waals surface area contributed by atoms with Gasteiger partial charge in [0.05, 0.1) is 11.3 Å². The summed E-state index contributed by atoms with van der Waals surface area (Å²) in [6, 6.07) is 19.7. The average Bonchev–Trinajstić information content (AvgIpc) is 2.64. The molecule has 0 saturated heterocycles. The van der Waals surface area contributed by atoms with E-state index >= 15 is 0 Å². The van der Waals surface area contributed by atoms with E-state index in [-0.39, 0.29) is 11.3 Å². The fraction of sp³-hybridized carbons (Fsp3) is 0.0476. The minimum absolute atomic E-state index is 0.102. The van der Waals surface area contributed by atoms with Gasteiger partial charge in [0.25, 0.3) is 5.91 Å². The number of carbonyl (C=O) groups is 2. The minimum atomic E-state index is -0.463. The van der Waals surface area contributed by atoms with Crippen LogP contribution in [-0.4, -0.2) is 17.3 Å². The molecule has 3 aromatic rings. The summed E-state index contributed by atoms with van der Waals surface area (Å²) in [5, 5.41) is 12.6. The predicted octanol–water partition coefficient (Wildman–Crippen LogP) is 4.43. The van der Waals surface area contributed by atoms with Crippen molar-refractivity contribution in [2.45, 2.75) is 6.92 Å². The third-order valence-corrected chi connectivity index (χ3v) is 3.93. The molecule has 0 aliphatic heterocycles. The lowest BCUT2D eigenvalue weighted by molar-refractivity contribution is 0.102. The molecule has 0 aliphatic rings. The lowest BCUT2D eigenvalue weighted by Crippen LogP contribution is -2.13. The molecule has 0 spiro atoms. The molecule has 0 heterocycles. The fourth-order valence-corrected chi connectivity index (χ4v) is 2.60. The highest BCUT2D eigenvalue weighted by molar-refractivity contribution is 6.08. The van der Waals surface area contributed by atoms with Crippen LogP contribution in [0.2, 0.25) is 0 Å². The van der Waals surface area contributed by atoms with Gasteiger partial charge in [-0.2, -0.15) is 0 Å². The van der Waals surface area contributed by atoms with Gasteiger partial charge in [0, 0.05) is 5.56 Å². The highest BCUT2D eigenvalue weighted by Crippen LogP contribution is 2.26. The van der Waals surface area contributed by atoms with E-state index in [2.05, 4.69) is 5.32 Å². The Morgan fingerprint density at radius 1 is 0.960 bits per heavy atom. The first kappa shape index (κ1) is 16.5. The van der Waals surface area contributed by atoms with Crippen LogP contribution in [0.25, 0.3) is 11.1 Å². The van der Waals surface area contributed by atoms with E-state index in [4.69, 9.17) is 0 Å². The van der Waals surface area contributed by atoms with Crippen LogP contribution in [0.4, 0.5) is 5.69 Å². The van der Waals surface area contributed by atoms with Crippen LogP contribution in [0.5, 0.6) is 5.75 Å². The van der Waals surface area contributed by atoms with E-state index in [0.29, 0.717) is 17.5 Å². The molecule has 3 aromatic carbocycles. The number of phenolic OH excluding ortho intramolecular Hbond substituents is 1. The van der Waals surface area contributed by atoms with Gasteiger partial charge in [-0.1, -0.05) is 48.0 Å².